The minimum Gasteiger partial charge on any atom is -0.481 e. The van der Waals surface area contributed by atoms with Crippen molar-refractivity contribution in [2.24, 2.45) is 11.3 Å². The van der Waals surface area contributed by atoms with Gasteiger partial charge in [0.15, 0.2) is 0 Å². The van der Waals surface area contributed by atoms with Crippen molar-refractivity contribution in [1.82, 2.24) is 9.80 Å². The summed E-state index contributed by atoms with van der Waals surface area (Å²) < 4.78 is 0. The molecule has 1 aliphatic heterocycles. The van der Waals surface area contributed by atoms with Crippen molar-refractivity contribution < 1.29 is 14.7 Å². The predicted octanol–water partition coefficient (Wildman–Crippen LogP) is 2.19. The maximum Gasteiger partial charge on any atom is 0.320 e. The minimum absolute atomic E-state index is 0.0200. The first-order valence-corrected chi connectivity index (χ1v) is 7.32. The van der Waals surface area contributed by atoms with Gasteiger partial charge >= 0.3 is 12.0 Å². The van der Waals surface area contributed by atoms with Gasteiger partial charge in [-0.15, -0.1) is 6.58 Å². The van der Waals surface area contributed by atoms with Crippen LogP contribution in [0.5, 0.6) is 0 Å². The summed E-state index contributed by atoms with van der Waals surface area (Å²) in [5.74, 6) is -0.768. The maximum absolute atomic E-state index is 12.6. The van der Waals surface area contributed by atoms with Crippen LogP contribution in [0.4, 0.5) is 4.79 Å². The SMILES string of the molecule is C=CCN(C(=O)N1CCC(C(=O)O)(C(C)C)C1)C1CC1. The van der Waals surface area contributed by atoms with Crippen molar-refractivity contribution in [2.75, 3.05) is 19.6 Å². The van der Waals surface area contributed by atoms with Crippen LogP contribution in [0.1, 0.15) is 33.1 Å². The quantitative estimate of drug-likeness (QED) is 0.785. The average Bonchev–Trinajstić information content (AvgIpc) is 3.11. The molecule has 1 saturated heterocycles. The Bertz CT molecular complexity index is 417. The van der Waals surface area contributed by atoms with Gasteiger partial charge in [-0.25, -0.2) is 4.79 Å². The molecule has 1 unspecified atom stereocenters. The molecule has 2 amide bonds. The minimum atomic E-state index is -0.793. The molecule has 0 aromatic carbocycles. The van der Waals surface area contributed by atoms with Crippen molar-refractivity contribution >= 4 is 12.0 Å². The zero-order valence-electron chi connectivity index (χ0n) is 12.3. The van der Waals surface area contributed by atoms with E-state index in [4.69, 9.17) is 0 Å². The van der Waals surface area contributed by atoms with Crippen molar-refractivity contribution in [3.63, 3.8) is 0 Å². The molecule has 2 aliphatic rings. The lowest BCUT2D eigenvalue weighted by molar-refractivity contribution is -0.150. The molecule has 2 rings (SSSR count). The van der Waals surface area contributed by atoms with Crippen molar-refractivity contribution in [3.05, 3.63) is 12.7 Å². The van der Waals surface area contributed by atoms with Gasteiger partial charge in [0.25, 0.3) is 0 Å². The number of hydrogen-bond acceptors (Lipinski definition) is 2. The Labute approximate surface area is 120 Å². The number of carbonyl (C=O) groups is 2. The summed E-state index contributed by atoms with van der Waals surface area (Å²) in [6.45, 7) is 8.93. The molecule has 5 heteroatoms. The molecule has 0 spiro atoms. The van der Waals surface area contributed by atoms with Crippen LogP contribution >= 0.6 is 0 Å². The van der Waals surface area contributed by atoms with Crippen LogP contribution < -0.4 is 0 Å². The van der Waals surface area contributed by atoms with Crippen molar-refractivity contribution in [2.45, 2.75) is 39.2 Å². The number of carboxylic acids is 1. The van der Waals surface area contributed by atoms with Gasteiger partial charge in [0, 0.05) is 25.7 Å². The zero-order valence-corrected chi connectivity index (χ0v) is 12.3. The van der Waals surface area contributed by atoms with Crippen LogP contribution in [0.15, 0.2) is 12.7 Å². The molecule has 0 bridgehead atoms. The molecule has 5 nitrogen and oxygen atoms in total. The van der Waals surface area contributed by atoms with E-state index in [9.17, 15) is 14.7 Å². The molecule has 0 radical (unpaired) electrons. The summed E-state index contributed by atoms with van der Waals surface area (Å²) in [7, 11) is 0. The Balaban J connectivity index is 2.09. The molecule has 1 saturated carbocycles. The number of amides is 2. The number of carbonyl (C=O) groups excluding carboxylic acids is 1. The summed E-state index contributed by atoms with van der Waals surface area (Å²) >= 11 is 0. The highest BCUT2D eigenvalue weighted by molar-refractivity contribution is 5.80. The number of hydrogen-bond donors (Lipinski definition) is 1. The normalized spacial score (nSPS) is 25.9. The molecule has 1 N–H and O–H groups in total. The molecule has 20 heavy (non-hydrogen) atoms. The molecule has 1 aliphatic carbocycles. The van der Waals surface area contributed by atoms with E-state index in [0.717, 1.165) is 12.8 Å². The Hall–Kier alpha value is -1.52. The van der Waals surface area contributed by atoms with Gasteiger partial charge in [-0.1, -0.05) is 19.9 Å². The molecular formula is C15H24N2O3. The second kappa shape index (κ2) is 5.46. The van der Waals surface area contributed by atoms with E-state index in [2.05, 4.69) is 6.58 Å². The van der Waals surface area contributed by atoms with E-state index < -0.39 is 11.4 Å². The van der Waals surface area contributed by atoms with Gasteiger partial charge in [-0.3, -0.25) is 4.79 Å². The van der Waals surface area contributed by atoms with Gasteiger partial charge in [0.1, 0.15) is 0 Å². The lowest BCUT2D eigenvalue weighted by atomic mass is 9.76. The number of carboxylic acid groups (broad SMARTS) is 1. The summed E-state index contributed by atoms with van der Waals surface area (Å²) in [5, 5.41) is 9.53. The van der Waals surface area contributed by atoms with Crippen LogP contribution in [0.25, 0.3) is 0 Å². The fraction of sp³-hybridized carbons (Fsp3) is 0.733. The molecule has 0 aromatic heterocycles. The molecule has 1 heterocycles. The molecular weight excluding hydrogens is 256 g/mol. The zero-order chi connectivity index (χ0) is 14.9. The lowest BCUT2D eigenvalue weighted by Gasteiger charge is -2.31. The van der Waals surface area contributed by atoms with Crippen molar-refractivity contribution in [3.8, 4) is 0 Å². The van der Waals surface area contributed by atoms with Gasteiger partial charge in [-0.2, -0.15) is 0 Å². The number of urea groups is 1. The third-order valence-corrected chi connectivity index (χ3v) is 4.66. The van der Waals surface area contributed by atoms with Crippen LogP contribution in [0.2, 0.25) is 0 Å². The van der Waals surface area contributed by atoms with E-state index >= 15 is 0 Å². The third kappa shape index (κ3) is 2.53. The highest BCUT2D eigenvalue weighted by atomic mass is 16.4. The fourth-order valence-electron chi connectivity index (χ4n) is 2.98. The summed E-state index contributed by atoms with van der Waals surface area (Å²) in [5.41, 5.74) is -0.793. The van der Waals surface area contributed by atoms with Gasteiger partial charge in [-0.05, 0) is 25.2 Å². The molecule has 1 atom stereocenters. The number of rotatable bonds is 5. The van der Waals surface area contributed by atoms with E-state index in [-0.39, 0.29) is 11.9 Å². The Morgan fingerprint density at radius 2 is 2.15 bits per heavy atom. The molecule has 112 valence electrons. The third-order valence-electron chi connectivity index (χ3n) is 4.66. The monoisotopic (exact) mass is 280 g/mol. The number of aliphatic carboxylic acids is 1. The smallest absolute Gasteiger partial charge is 0.320 e. The summed E-state index contributed by atoms with van der Waals surface area (Å²) in [6.07, 6.45) is 4.36. The largest absolute Gasteiger partial charge is 0.481 e. The van der Waals surface area contributed by atoms with E-state index in [0.29, 0.717) is 32.1 Å². The standard InChI is InChI=1S/C15H24N2O3/c1-4-8-17(12-5-6-12)14(20)16-9-7-15(10-16,11(2)3)13(18)19/h4,11-12H,1,5-10H2,2-3H3,(H,18,19). The van der Waals surface area contributed by atoms with Crippen molar-refractivity contribution in [1.29, 1.82) is 0 Å². The van der Waals surface area contributed by atoms with E-state index in [1.165, 1.54) is 0 Å². The van der Waals surface area contributed by atoms with Crippen LogP contribution in [-0.4, -0.2) is 52.6 Å². The maximum atomic E-state index is 12.6. The summed E-state index contributed by atoms with van der Waals surface area (Å²) in [6, 6.07) is 0.288. The predicted molar refractivity (Wildman–Crippen MR) is 76.4 cm³/mol. The number of nitrogens with zero attached hydrogens (tertiary/aromatic N) is 2. The first-order valence-electron chi connectivity index (χ1n) is 7.32. The van der Waals surface area contributed by atoms with Gasteiger partial charge in [0.05, 0.1) is 5.41 Å². The van der Waals surface area contributed by atoms with Gasteiger partial charge < -0.3 is 14.9 Å². The first-order chi connectivity index (χ1) is 9.42. The highest BCUT2D eigenvalue weighted by Crippen LogP contribution is 2.39. The second-order valence-corrected chi connectivity index (χ2v) is 6.24. The molecule has 2 fully saturated rings. The topological polar surface area (TPSA) is 60.9 Å². The Kier molecular flexibility index (Phi) is 4.06. The fourth-order valence-corrected chi connectivity index (χ4v) is 2.98. The lowest BCUT2D eigenvalue weighted by Crippen LogP contribution is -2.46. The van der Waals surface area contributed by atoms with Crippen LogP contribution in [0.3, 0.4) is 0 Å². The first kappa shape index (κ1) is 14.9. The molecule has 0 aromatic rings. The van der Waals surface area contributed by atoms with Gasteiger partial charge in [0.2, 0.25) is 0 Å². The summed E-state index contributed by atoms with van der Waals surface area (Å²) in [4.78, 5) is 27.7. The van der Waals surface area contributed by atoms with Crippen LogP contribution in [0, 0.1) is 11.3 Å². The number of likely N-dealkylation sites (tertiary alicyclic amines) is 1. The Morgan fingerprint density at radius 3 is 2.55 bits per heavy atom. The van der Waals surface area contributed by atoms with E-state index in [1.54, 1.807) is 11.0 Å². The average molecular weight is 280 g/mol. The van der Waals surface area contributed by atoms with Crippen LogP contribution in [-0.2, 0) is 4.79 Å². The Morgan fingerprint density at radius 1 is 1.50 bits per heavy atom. The van der Waals surface area contributed by atoms with E-state index in [1.807, 2.05) is 18.7 Å². The second-order valence-electron chi connectivity index (χ2n) is 6.24. The highest BCUT2D eigenvalue weighted by Gasteiger charge is 2.49.